The van der Waals surface area contributed by atoms with Gasteiger partial charge in [-0.25, -0.2) is 13.1 Å². The second-order valence-corrected chi connectivity index (χ2v) is 6.41. The highest BCUT2D eigenvalue weighted by Crippen LogP contribution is 2.10. The zero-order chi connectivity index (χ0) is 15.0. The van der Waals surface area contributed by atoms with Gasteiger partial charge in [0.15, 0.2) is 0 Å². The van der Waals surface area contributed by atoms with Crippen molar-refractivity contribution in [3.05, 3.63) is 40.3 Å². The number of halogens is 1. The Morgan fingerprint density at radius 3 is 2.35 bits per heavy atom. The molecule has 1 aromatic rings. The van der Waals surface area contributed by atoms with Gasteiger partial charge in [-0.1, -0.05) is 37.6 Å². The van der Waals surface area contributed by atoms with E-state index in [9.17, 15) is 8.42 Å². The molecule has 0 aromatic heterocycles. The molecule has 0 unspecified atom stereocenters. The molecule has 0 fully saturated rings. The van der Waals surface area contributed by atoms with Crippen LogP contribution in [0.25, 0.3) is 6.08 Å². The summed E-state index contributed by atoms with van der Waals surface area (Å²) < 4.78 is 26.1. The Morgan fingerprint density at radius 2 is 1.80 bits per heavy atom. The molecule has 0 bridgehead atoms. The highest BCUT2D eigenvalue weighted by Gasteiger charge is 2.05. The molecule has 0 saturated carbocycles. The topological polar surface area (TPSA) is 49.4 Å². The number of sulfonamides is 1. The lowest BCUT2D eigenvalue weighted by atomic mass is 10.2. The third kappa shape index (κ3) is 6.52. The first kappa shape index (κ1) is 17.2. The lowest BCUT2D eigenvalue weighted by Crippen LogP contribution is -2.33. The molecule has 0 aliphatic carbocycles. The molecule has 6 heteroatoms. The molecular weight excluding hydrogens is 296 g/mol. The van der Waals surface area contributed by atoms with Crippen molar-refractivity contribution in [2.45, 2.75) is 13.8 Å². The first-order valence-electron chi connectivity index (χ1n) is 6.62. The maximum absolute atomic E-state index is 11.8. The fraction of sp³-hybridized carbons (Fsp3) is 0.429. The first-order chi connectivity index (χ1) is 9.46. The lowest BCUT2D eigenvalue weighted by Gasteiger charge is -2.17. The third-order valence-corrected chi connectivity index (χ3v) is 4.29. The largest absolute Gasteiger partial charge is 0.303 e. The zero-order valence-corrected chi connectivity index (χ0v) is 13.4. The van der Waals surface area contributed by atoms with E-state index in [1.54, 1.807) is 30.3 Å². The average molecular weight is 317 g/mol. The van der Waals surface area contributed by atoms with Gasteiger partial charge in [-0.05, 0) is 36.9 Å². The van der Waals surface area contributed by atoms with Gasteiger partial charge < -0.3 is 4.90 Å². The molecule has 1 aromatic carbocycles. The summed E-state index contributed by atoms with van der Waals surface area (Å²) >= 11 is 5.77. The molecule has 0 radical (unpaired) electrons. The maximum atomic E-state index is 11.8. The molecule has 0 saturated heterocycles. The number of nitrogens with one attached hydrogen (secondary N) is 1. The quantitative estimate of drug-likeness (QED) is 0.802. The van der Waals surface area contributed by atoms with E-state index in [2.05, 4.69) is 23.5 Å². The number of hydrogen-bond acceptors (Lipinski definition) is 3. The van der Waals surface area contributed by atoms with E-state index in [0.717, 1.165) is 18.7 Å². The second kappa shape index (κ2) is 8.42. The van der Waals surface area contributed by atoms with E-state index in [1.807, 2.05) is 0 Å². The van der Waals surface area contributed by atoms with Gasteiger partial charge >= 0.3 is 0 Å². The Bertz CT molecular complexity index is 523. The maximum Gasteiger partial charge on any atom is 0.233 e. The SMILES string of the molecule is CCN(CC)CCNS(=O)(=O)/C=C/c1ccc(Cl)cc1. The van der Waals surface area contributed by atoms with Crippen molar-refractivity contribution >= 4 is 27.7 Å². The van der Waals surface area contributed by atoms with Gasteiger partial charge in [0.05, 0.1) is 0 Å². The van der Waals surface area contributed by atoms with Gasteiger partial charge in [-0.15, -0.1) is 0 Å². The van der Waals surface area contributed by atoms with Crippen LogP contribution in [0.1, 0.15) is 19.4 Å². The van der Waals surface area contributed by atoms with Gasteiger partial charge in [0.2, 0.25) is 10.0 Å². The van der Waals surface area contributed by atoms with Crippen LogP contribution >= 0.6 is 11.6 Å². The summed E-state index contributed by atoms with van der Waals surface area (Å²) in [6, 6.07) is 6.98. The van der Waals surface area contributed by atoms with Gasteiger partial charge in [0.1, 0.15) is 0 Å². The minimum Gasteiger partial charge on any atom is -0.303 e. The number of likely N-dealkylation sites (N-methyl/N-ethyl adjacent to an activating group) is 1. The summed E-state index contributed by atoms with van der Waals surface area (Å²) in [7, 11) is -3.39. The van der Waals surface area contributed by atoms with Crippen LogP contribution in [0.5, 0.6) is 0 Å². The monoisotopic (exact) mass is 316 g/mol. The van der Waals surface area contributed by atoms with Gasteiger partial charge in [-0.3, -0.25) is 0 Å². The number of hydrogen-bond donors (Lipinski definition) is 1. The van der Waals surface area contributed by atoms with E-state index < -0.39 is 10.0 Å². The summed E-state index contributed by atoms with van der Waals surface area (Å²) in [5, 5.41) is 1.81. The minimum absolute atomic E-state index is 0.412. The predicted molar refractivity (Wildman–Crippen MR) is 85.2 cm³/mol. The van der Waals surface area contributed by atoms with E-state index >= 15 is 0 Å². The Kier molecular flexibility index (Phi) is 7.23. The average Bonchev–Trinajstić information content (AvgIpc) is 2.43. The zero-order valence-electron chi connectivity index (χ0n) is 11.8. The minimum atomic E-state index is -3.39. The van der Waals surface area contributed by atoms with Gasteiger partial charge in [0.25, 0.3) is 0 Å². The molecular formula is C14H21ClN2O2S. The predicted octanol–water partition coefficient (Wildman–Crippen LogP) is 2.57. The number of benzene rings is 1. The van der Waals surface area contributed by atoms with Crippen LogP contribution in [0.3, 0.4) is 0 Å². The smallest absolute Gasteiger partial charge is 0.233 e. The molecule has 0 amide bonds. The Hall–Kier alpha value is -0.880. The van der Waals surface area contributed by atoms with Crippen LogP contribution in [0.4, 0.5) is 0 Å². The third-order valence-electron chi connectivity index (χ3n) is 2.94. The Balaban J connectivity index is 2.50. The molecule has 1 N–H and O–H groups in total. The fourth-order valence-electron chi connectivity index (χ4n) is 1.68. The number of rotatable bonds is 8. The molecule has 112 valence electrons. The van der Waals surface area contributed by atoms with Crippen molar-refractivity contribution < 1.29 is 8.42 Å². The summed E-state index contributed by atoms with van der Waals surface area (Å²) in [4.78, 5) is 2.16. The van der Waals surface area contributed by atoms with Crippen LogP contribution < -0.4 is 4.72 Å². The highest BCUT2D eigenvalue weighted by atomic mass is 35.5. The van der Waals surface area contributed by atoms with Crippen LogP contribution in [-0.2, 0) is 10.0 Å². The summed E-state index contributed by atoms with van der Waals surface area (Å²) in [5.41, 5.74) is 0.795. The molecule has 0 atom stereocenters. The van der Waals surface area contributed by atoms with Crippen LogP contribution in [-0.4, -0.2) is 39.5 Å². The fourth-order valence-corrected chi connectivity index (χ4v) is 2.61. The van der Waals surface area contributed by atoms with E-state index in [0.29, 0.717) is 18.1 Å². The van der Waals surface area contributed by atoms with Crippen molar-refractivity contribution in [2.75, 3.05) is 26.2 Å². The molecule has 4 nitrogen and oxygen atoms in total. The van der Waals surface area contributed by atoms with Crippen molar-refractivity contribution in [1.29, 1.82) is 0 Å². The lowest BCUT2D eigenvalue weighted by molar-refractivity contribution is 0.309. The Morgan fingerprint density at radius 1 is 1.20 bits per heavy atom. The molecule has 0 heterocycles. The van der Waals surface area contributed by atoms with Gasteiger partial charge in [-0.2, -0.15) is 0 Å². The van der Waals surface area contributed by atoms with E-state index in [1.165, 1.54) is 5.41 Å². The highest BCUT2D eigenvalue weighted by molar-refractivity contribution is 7.92. The second-order valence-electron chi connectivity index (χ2n) is 4.32. The van der Waals surface area contributed by atoms with Crippen LogP contribution in [0.2, 0.25) is 5.02 Å². The standard InChI is InChI=1S/C14H21ClN2O2S/c1-3-17(4-2)11-10-16-20(18,19)12-9-13-5-7-14(15)8-6-13/h5-9,12,16H,3-4,10-11H2,1-2H3/b12-9+. The van der Waals surface area contributed by atoms with Gasteiger partial charge in [0, 0.05) is 23.5 Å². The van der Waals surface area contributed by atoms with Crippen LogP contribution in [0, 0.1) is 0 Å². The molecule has 0 aliphatic heterocycles. The van der Waals surface area contributed by atoms with Crippen molar-refractivity contribution in [3.63, 3.8) is 0 Å². The summed E-state index contributed by atoms with van der Waals surface area (Å²) in [5.74, 6) is 0. The Labute approximate surface area is 126 Å². The first-order valence-corrected chi connectivity index (χ1v) is 8.55. The van der Waals surface area contributed by atoms with Crippen molar-refractivity contribution in [2.24, 2.45) is 0 Å². The van der Waals surface area contributed by atoms with E-state index in [4.69, 9.17) is 11.6 Å². The van der Waals surface area contributed by atoms with Crippen LogP contribution in [0.15, 0.2) is 29.7 Å². The number of nitrogens with zero attached hydrogens (tertiary/aromatic N) is 1. The summed E-state index contributed by atoms with van der Waals surface area (Å²) in [6.07, 6.45) is 1.55. The van der Waals surface area contributed by atoms with E-state index in [-0.39, 0.29) is 0 Å². The molecule has 1 rings (SSSR count). The van der Waals surface area contributed by atoms with Crippen molar-refractivity contribution in [3.8, 4) is 0 Å². The molecule has 0 spiro atoms. The summed E-state index contributed by atoms with van der Waals surface area (Å²) in [6.45, 7) is 7.06. The van der Waals surface area contributed by atoms with Crippen molar-refractivity contribution in [1.82, 2.24) is 9.62 Å². The molecule has 0 aliphatic rings. The molecule has 20 heavy (non-hydrogen) atoms. The normalized spacial score (nSPS) is 12.4.